The van der Waals surface area contributed by atoms with Crippen molar-refractivity contribution in [1.29, 1.82) is 0 Å². The third-order valence-corrected chi connectivity index (χ3v) is 4.93. The van der Waals surface area contributed by atoms with Gasteiger partial charge in [-0.2, -0.15) is 0 Å². The number of likely N-dealkylation sites (tertiary alicyclic amines) is 1. The van der Waals surface area contributed by atoms with E-state index in [4.69, 9.17) is 0 Å². The average molecular weight is 351 g/mol. The fourth-order valence-electron chi connectivity index (χ4n) is 3.41. The molecule has 26 heavy (non-hydrogen) atoms. The van der Waals surface area contributed by atoms with Crippen LogP contribution in [0, 0.1) is 0 Å². The highest BCUT2D eigenvalue weighted by Gasteiger charge is 2.22. The average Bonchev–Trinajstić information content (AvgIpc) is 3.27. The lowest BCUT2D eigenvalue weighted by atomic mass is 10.1. The number of likely N-dealkylation sites (N-methyl/N-ethyl adjacent to an activating group) is 1. The van der Waals surface area contributed by atoms with Crippen molar-refractivity contribution in [2.24, 2.45) is 0 Å². The lowest BCUT2D eigenvalue weighted by molar-refractivity contribution is 0.0938. The summed E-state index contributed by atoms with van der Waals surface area (Å²) >= 11 is 0. The second-order valence-electron chi connectivity index (χ2n) is 6.70. The molecule has 2 N–H and O–H groups in total. The van der Waals surface area contributed by atoms with Gasteiger partial charge in [-0.1, -0.05) is 30.3 Å². The van der Waals surface area contributed by atoms with E-state index in [0.717, 1.165) is 24.9 Å². The number of aromatic amines is 1. The number of aromatic nitrogens is 3. The molecular weight excluding hydrogens is 330 g/mol. The first kappa shape index (κ1) is 16.5. The van der Waals surface area contributed by atoms with Gasteiger partial charge in [0.05, 0.1) is 5.69 Å². The molecule has 1 amide bonds. The number of nitrogens with one attached hydrogen (secondary N) is 2. The Kier molecular flexibility index (Phi) is 4.30. The van der Waals surface area contributed by atoms with E-state index in [-0.39, 0.29) is 11.5 Å². The largest absolute Gasteiger partial charge is 0.349 e. The van der Waals surface area contributed by atoms with E-state index >= 15 is 0 Å². The van der Waals surface area contributed by atoms with Crippen LogP contribution in [-0.4, -0.2) is 51.6 Å². The smallest absolute Gasteiger partial charge is 0.273 e. The van der Waals surface area contributed by atoms with Crippen LogP contribution in [0.4, 0.5) is 0 Å². The second-order valence-corrected chi connectivity index (χ2v) is 6.70. The van der Waals surface area contributed by atoms with Gasteiger partial charge in [0.25, 0.3) is 11.5 Å². The zero-order valence-corrected chi connectivity index (χ0v) is 14.6. The molecule has 134 valence electrons. The normalized spacial score (nSPS) is 17.7. The third-order valence-electron chi connectivity index (χ3n) is 4.93. The van der Waals surface area contributed by atoms with E-state index in [2.05, 4.69) is 27.3 Å². The van der Waals surface area contributed by atoms with Gasteiger partial charge in [-0.05, 0) is 26.4 Å². The number of nitrogens with zero attached hydrogens (tertiary/aromatic N) is 3. The van der Waals surface area contributed by atoms with Gasteiger partial charge in [-0.3, -0.25) is 14.7 Å². The molecule has 1 fully saturated rings. The van der Waals surface area contributed by atoms with Crippen LogP contribution in [0.3, 0.4) is 0 Å². The molecule has 4 rings (SSSR count). The SMILES string of the molecule is CN1CCC[C@H]1CNC(=O)c1cc2nc(-c3ccccc3)cc(=O)n2[nH]1. The molecule has 7 heteroatoms. The van der Waals surface area contributed by atoms with E-state index in [0.29, 0.717) is 29.6 Å². The molecule has 1 aromatic carbocycles. The van der Waals surface area contributed by atoms with Crippen LogP contribution in [0.15, 0.2) is 47.3 Å². The molecule has 1 aliphatic rings. The van der Waals surface area contributed by atoms with Crippen LogP contribution in [0.25, 0.3) is 16.9 Å². The van der Waals surface area contributed by atoms with Crippen LogP contribution >= 0.6 is 0 Å². The number of H-pyrrole nitrogens is 1. The van der Waals surface area contributed by atoms with Crippen LogP contribution in [0.5, 0.6) is 0 Å². The maximum atomic E-state index is 12.4. The second kappa shape index (κ2) is 6.76. The summed E-state index contributed by atoms with van der Waals surface area (Å²) in [5, 5.41) is 5.79. The van der Waals surface area contributed by atoms with Crippen LogP contribution < -0.4 is 10.9 Å². The maximum absolute atomic E-state index is 12.4. The molecule has 0 unspecified atom stereocenters. The number of hydrogen-bond donors (Lipinski definition) is 2. The third kappa shape index (κ3) is 3.13. The predicted molar refractivity (Wildman–Crippen MR) is 99.2 cm³/mol. The minimum absolute atomic E-state index is 0.225. The number of hydrogen-bond acceptors (Lipinski definition) is 4. The van der Waals surface area contributed by atoms with Crippen molar-refractivity contribution in [1.82, 2.24) is 24.8 Å². The highest BCUT2D eigenvalue weighted by atomic mass is 16.2. The van der Waals surface area contributed by atoms with Crippen molar-refractivity contribution >= 4 is 11.6 Å². The van der Waals surface area contributed by atoms with Crippen LogP contribution in [0.1, 0.15) is 23.3 Å². The molecule has 1 aliphatic heterocycles. The van der Waals surface area contributed by atoms with E-state index in [1.807, 2.05) is 30.3 Å². The van der Waals surface area contributed by atoms with Crippen molar-refractivity contribution in [3.63, 3.8) is 0 Å². The number of fused-ring (bicyclic) bond motifs is 1. The Morgan fingerprint density at radius 2 is 2.12 bits per heavy atom. The van der Waals surface area contributed by atoms with Gasteiger partial charge >= 0.3 is 0 Å². The van der Waals surface area contributed by atoms with Crippen molar-refractivity contribution in [3.8, 4) is 11.3 Å². The lowest BCUT2D eigenvalue weighted by Gasteiger charge is -2.19. The lowest BCUT2D eigenvalue weighted by Crippen LogP contribution is -2.38. The Labute approximate surface area is 150 Å². The summed E-state index contributed by atoms with van der Waals surface area (Å²) < 4.78 is 1.29. The molecule has 7 nitrogen and oxygen atoms in total. The first-order valence-electron chi connectivity index (χ1n) is 8.78. The van der Waals surface area contributed by atoms with Crippen molar-refractivity contribution < 1.29 is 4.79 Å². The maximum Gasteiger partial charge on any atom is 0.273 e. The Morgan fingerprint density at radius 1 is 1.31 bits per heavy atom. The van der Waals surface area contributed by atoms with Crippen molar-refractivity contribution in [2.45, 2.75) is 18.9 Å². The fourth-order valence-corrected chi connectivity index (χ4v) is 3.41. The predicted octanol–water partition coefficient (Wildman–Crippen LogP) is 1.51. The highest BCUT2D eigenvalue weighted by molar-refractivity contribution is 5.93. The number of carbonyl (C=O) groups is 1. The topological polar surface area (TPSA) is 82.5 Å². The molecule has 0 saturated carbocycles. The van der Waals surface area contributed by atoms with Gasteiger partial charge in [-0.25, -0.2) is 9.50 Å². The molecule has 3 heterocycles. The van der Waals surface area contributed by atoms with Gasteiger partial charge in [0.1, 0.15) is 5.69 Å². The monoisotopic (exact) mass is 351 g/mol. The Balaban J connectivity index is 1.58. The molecule has 0 aliphatic carbocycles. The van der Waals surface area contributed by atoms with Gasteiger partial charge in [0.2, 0.25) is 0 Å². The van der Waals surface area contributed by atoms with Crippen molar-refractivity contribution in [2.75, 3.05) is 20.1 Å². The van der Waals surface area contributed by atoms with E-state index in [1.165, 1.54) is 10.6 Å². The minimum Gasteiger partial charge on any atom is -0.349 e. The van der Waals surface area contributed by atoms with Gasteiger partial charge in [-0.15, -0.1) is 0 Å². The Bertz CT molecular complexity index is 992. The Morgan fingerprint density at radius 3 is 2.85 bits per heavy atom. The summed E-state index contributed by atoms with van der Waals surface area (Å²) in [4.78, 5) is 31.6. The number of amides is 1. The molecule has 1 atom stereocenters. The summed E-state index contributed by atoms with van der Waals surface area (Å²) in [6.07, 6.45) is 2.25. The van der Waals surface area contributed by atoms with Crippen LogP contribution in [-0.2, 0) is 0 Å². The molecule has 0 bridgehead atoms. The quantitative estimate of drug-likeness (QED) is 0.746. The first-order chi connectivity index (χ1) is 12.6. The summed E-state index contributed by atoms with van der Waals surface area (Å²) in [6.45, 7) is 1.66. The Hall–Kier alpha value is -2.93. The molecule has 1 saturated heterocycles. The fraction of sp³-hybridized carbons (Fsp3) is 0.316. The molecule has 2 aromatic heterocycles. The molecule has 0 spiro atoms. The first-order valence-corrected chi connectivity index (χ1v) is 8.78. The summed E-state index contributed by atoms with van der Waals surface area (Å²) in [7, 11) is 2.07. The summed E-state index contributed by atoms with van der Waals surface area (Å²) in [6, 6.07) is 13.0. The van der Waals surface area contributed by atoms with Gasteiger partial charge in [0.15, 0.2) is 5.65 Å². The highest BCUT2D eigenvalue weighted by Crippen LogP contribution is 2.16. The van der Waals surface area contributed by atoms with Crippen molar-refractivity contribution in [3.05, 3.63) is 58.5 Å². The van der Waals surface area contributed by atoms with Gasteiger partial charge in [0, 0.05) is 30.3 Å². The number of benzene rings is 1. The van der Waals surface area contributed by atoms with E-state index in [9.17, 15) is 9.59 Å². The van der Waals surface area contributed by atoms with Gasteiger partial charge < -0.3 is 10.2 Å². The number of rotatable bonds is 4. The summed E-state index contributed by atoms with van der Waals surface area (Å²) in [5.41, 5.74) is 1.97. The van der Waals surface area contributed by atoms with E-state index < -0.39 is 0 Å². The zero-order chi connectivity index (χ0) is 18.1. The zero-order valence-electron chi connectivity index (χ0n) is 14.6. The number of carbonyl (C=O) groups excluding carboxylic acids is 1. The van der Waals surface area contributed by atoms with Crippen LogP contribution in [0.2, 0.25) is 0 Å². The molecule has 3 aromatic rings. The minimum atomic E-state index is -0.247. The molecule has 0 radical (unpaired) electrons. The molecular formula is C19H21N5O2. The summed E-state index contributed by atoms with van der Waals surface area (Å²) in [5.74, 6) is -0.225. The standard InChI is InChI=1S/C19H21N5O2/c1-23-9-5-8-14(23)12-20-19(26)16-10-17-21-15(11-18(25)24(17)22-16)13-6-3-2-4-7-13/h2-4,6-7,10-11,14,22H,5,8-9,12H2,1H3,(H,20,26)/t14-/m0/s1. The van der Waals surface area contributed by atoms with E-state index in [1.54, 1.807) is 6.07 Å².